The van der Waals surface area contributed by atoms with E-state index in [0.717, 1.165) is 24.4 Å². The minimum absolute atomic E-state index is 0.486. The SMILES string of the molecule is CC(C)=CCO[C@H]1C[C@@H](C)CC[C@@H]1C(C)C. The van der Waals surface area contributed by atoms with Crippen molar-refractivity contribution >= 4 is 0 Å². The van der Waals surface area contributed by atoms with E-state index >= 15 is 0 Å². The summed E-state index contributed by atoms with van der Waals surface area (Å²) in [6, 6.07) is 0. The average molecular weight is 224 g/mol. The molecular formula is C15H28O. The first kappa shape index (κ1) is 13.8. The van der Waals surface area contributed by atoms with E-state index in [-0.39, 0.29) is 0 Å². The zero-order valence-corrected chi connectivity index (χ0v) is 11.6. The molecule has 0 unspecified atom stereocenters. The fraction of sp³-hybridized carbons (Fsp3) is 0.867. The monoisotopic (exact) mass is 224 g/mol. The number of hydrogen-bond acceptors (Lipinski definition) is 1. The van der Waals surface area contributed by atoms with Crippen molar-refractivity contribution in [2.45, 2.75) is 60.0 Å². The fourth-order valence-electron chi connectivity index (χ4n) is 2.64. The first-order chi connectivity index (χ1) is 7.50. The lowest BCUT2D eigenvalue weighted by molar-refractivity contribution is -0.0263. The summed E-state index contributed by atoms with van der Waals surface area (Å²) in [4.78, 5) is 0. The van der Waals surface area contributed by atoms with E-state index in [0.29, 0.717) is 6.10 Å². The number of rotatable bonds is 4. The molecule has 94 valence electrons. The second-order valence-electron chi connectivity index (χ2n) is 5.98. The Morgan fingerprint density at radius 3 is 2.56 bits per heavy atom. The van der Waals surface area contributed by atoms with E-state index < -0.39 is 0 Å². The lowest BCUT2D eigenvalue weighted by atomic mass is 9.75. The van der Waals surface area contributed by atoms with Crippen molar-refractivity contribution in [2.75, 3.05) is 6.61 Å². The molecule has 0 amide bonds. The van der Waals surface area contributed by atoms with Gasteiger partial charge >= 0.3 is 0 Å². The van der Waals surface area contributed by atoms with Crippen LogP contribution in [0.2, 0.25) is 0 Å². The second-order valence-corrected chi connectivity index (χ2v) is 5.98. The summed E-state index contributed by atoms with van der Waals surface area (Å²) in [6.45, 7) is 12.1. The zero-order chi connectivity index (χ0) is 12.1. The molecule has 1 heteroatoms. The third-order valence-electron chi connectivity index (χ3n) is 3.76. The molecule has 1 saturated carbocycles. The van der Waals surface area contributed by atoms with Crippen LogP contribution in [0.4, 0.5) is 0 Å². The van der Waals surface area contributed by atoms with Gasteiger partial charge in [-0.05, 0) is 44.4 Å². The molecule has 0 aromatic heterocycles. The molecule has 1 nitrogen and oxygen atoms in total. The molecule has 3 atom stereocenters. The molecule has 0 aromatic carbocycles. The van der Waals surface area contributed by atoms with Gasteiger partial charge in [-0.3, -0.25) is 0 Å². The van der Waals surface area contributed by atoms with Crippen molar-refractivity contribution < 1.29 is 4.74 Å². The Bertz CT molecular complexity index is 226. The summed E-state index contributed by atoms with van der Waals surface area (Å²) in [5, 5.41) is 0. The van der Waals surface area contributed by atoms with Crippen LogP contribution in [0.5, 0.6) is 0 Å². The van der Waals surface area contributed by atoms with Crippen LogP contribution in [0.15, 0.2) is 11.6 Å². The predicted octanol–water partition coefficient (Wildman–Crippen LogP) is 4.43. The first-order valence-electron chi connectivity index (χ1n) is 6.75. The summed E-state index contributed by atoms with van der Waals surface area (Å²) in [7, 11) is 0. The van der Waals surface area contributed by atoms with Crippen LogP contribution >= 0.6 is 0 Å². The van der Waals surface area contributed by atoms with E-state index in [1.165, 1.54) is 24.8 Å². The van der Waals surface area contributed by atoms with Gasteiger partial charge in [0.15, 0.2) is 0 Å². The Morgan fingerprint density at radius 1 is 1.31 bits per heavy atom. The van der Waals surface area contributed by atoms with Gasteiger partial charge in [0.1, 0.15) is 0 Å². The van der Waals surface area contributed by atoms with E-state index in [1.54, 1.807) is 0 Å². The van der Waals surface area contributed by atoms with Crippen LogP contribution in [0.1, 0.15) is 53.9 Å². The normalized spacial score (nSPS) is 30.5. The highest BCUT2D eigenvalue weighted by Gasteiger charge is 2.30. The Hall–Kier alpha value is -0.300. The maximum absolute atomic E-state index is 6.06. The van der Waals surface area contributed by atoms with Gasteiger partial charge in [-0.25, -0.2) is 0 Å². The quantitative estimate of drug-likeness (QED) is 0.642. The van der Waals surface area contributed by atoms with Gasteiger partial charge in [0.2, 0.25) is 0 Å². The standard InChI is InChI=1S/C15H28O/c1-11(2)8-9-16-15-10-13(5)6-7-14(15)12(3)4/h8,12-15H,6-7,9-10H2,1-5H3/t13-,14+,15-/m0/s1. The molecular weight excluding hydrogens is 196 g/mol. The summed E-state index contributed by atoms with van der Waals surface area (Å²) < 4.78 is 6.06. The van der Waals surface area contributed by atoms with Crippen LogP contribution in [-0.4, -0.2) is 12.7 Å². The number of hydrogen-bond donors (Lipinski definition) is 0. The first-order valence-corrected chi connectivity index (χ1v) is 6.75. The highest BCUT2D eigenvalue weighted by molar-refractivity contribution is 4.93. The van der Waals surface area contributed by atoms with E-state index in [9.17, 15) is 0 Å². The zero-order valence-electron chi connectivity index (χ0n) is 11.6. The highest BCUT2D eigenvalue weighted by atomic mass is 16.5. The van der Waals surface area contributed by atoms with E-state index in [1.807, 2.05) is 0 Å². The van der Waals surface area contributed by atoms with E-state index in [2.05, 4.69) is 40.7 Å². The topological polar surface area (TPSA) is 9.23 Å². The molecule has 1 rings (SSSR count). The minimum Gasteiger partial charge on any atom is -0.374 e. The minimum atomic E-state index is 0.486. The van der Waals surface area contributed by atoms with Crippen molar-refractivity contribution in [3.63, 3.8) is 0 Å². The largest absolute Gasteiger partial charge is 0.374 e. The van der Waals surface area contributed by atoms with Gasteiger partial charge in [-0.15, -0.1) is 0 Å². The molecule has 1 fully saturated rings. The van der Waals surface area contributed by atoms with Gasteiger partial charge in [0.25, 0.3) is 0 Å². The van der Waals surface area contributed by atoms with E-state index in [4.69, 9.17) is 4.74 Å². The summed E-state index contributed by atoms with van der Waals surface area (Å²) in [5.74, 6) is 2.36. The third-order valence-corrected chi connectivity index (χ3v) is 3.76. The van der Waals surface area contributed by atoms with Crippen molar-refractivity contribution in [1.29, 1.82) is 0 Å². The summed E-state index contributed by atoms with van der Waals surface area (Å²) >= 11 is 0. The van der Waals surface area contributed by atoms with Crippen molar-refractivity contribution in [1.82, 2.24) is 0 Å². The van der Waals surface area contributed by atoms with Gasteiger partial charge in [-0.1, -0.05) is 38.8 Å². The Morgan fingerprint density at radius 2 is 2.00 bits per heavy atom. The molecule has 0 aliphatic heterocycles. The molecule has 0 N–H and O–H groups in total. The second kappa shape index (κ2) is 6.44. The smallest absolute Gasteiger partial charge is 0.0653 e. The Kier molecular flexibility index (Phi) is 5.54. The Labute approximate surface area is 101 Å². The molecule has 0 bridgehead atoms. The molecule has 16 heavy (non-hydrogen) atoms. The maximum atomic E-state index is 6.06. The average Bonchev–Trinajstić information content (AvgIpc) is 2.16. The van der Waals surface area contributed by atoms with Crippen LogP contribution < -0.4 is 0 Å². The van der Waals surface area contributed by atoms with Crippen LogP contribution in [-0.2, 0) is 4.74 Å². The molecule has 0 aromatic rings. The summed E-state index contributed by atoms with van der Waals surface area (Å²) in [6.07, 6.45) is 6.65. The van der Waals surface area contributed by atoms with Crippen LogP contribution in [0, 0.1) is 17.8 Å². The molecule has 1 aliphatic carbocycles. The Balaban J connectivity index is 2.48. The molecule has 0 saturated heterocycles. The van der Waals surface area contributed by atoms with Gasteiger partial charge in [0, 0.05) is 0 Å². The summed E-state index contributed by atoms with van der Waals surface area (Å²) in [5.41, 5.74) is 1.35. The van der Waals surface area contributed by atoms with Crippen molar-refractivity contribution in [3.05, 3.63) is 11.6 Å². The van der Waals surface area contributed by atoms with Crippen LogP contribution in [0.3, 0.4) is 0 Å². The molecule has 1 aliphatic rings. The van der Waals surface area contributed by atoms with Gasteiger partial charge in [0.05, 0.1) is 12.7 Å². The van der Waals surface area contributed by atoms with Crippen molar-refractivity contribution in [3.8, 4) is 0 Å². The fourth-order valence-corrected chi connectivity index (χ4v) is 2.64. The number of allylic oxidation sites excluding steroid dienone is 1. The van der Waals surface area contributed by atoms with Crippen LogP contribution in [0.25, 0.3) is 0 Å². The molecule has 0 spiro atoms. The van der Waals surface area contributed by atoms with Gasteiger partial charge in [-0.2, -0.15) is 0 Å². The maximum Gasteiger partial charge on any atom is 0.0653 e. The predicted molar refractivity (Wildman–Crippen MR) is 70.5 cm³/mol. The molecule has 0 heterocycles. The third kappa shape index (κ3) is 4.29. The lowest BCUT2D eigenvalue weighted by Gasteiger charge is -2.37. The molecule has 0 radical (unpaired) electrons. The number of ether oxygens (including phenoxy) is 1. The van der Waals surface area contributed by atoms with Crippen molar-refractivity contribution in [2.24, 2.45) is 17.8 Å². The highest BCUT2D eigenvalue weighted by Crippen LogP contribution is 2.35. The van der Waals surface area contributed by atoms with Gasteiger partial charge < -0.3 is 4.74 Å². The lowest BCUT2D eigenvalue weighted by Crippen LogP contribution is -2.34.